The highest BCUT2D eigenvalue weighted by molar-refractivity contribution is 6.07. The number of amides is 1. The predicted octanol–water partition coefficient (Wildman–Crippen LogP) is 2.37. The molecule has 3 heteroatoms. The second-order valence-electron chi connectivity index (χ2n) is 5.22. The Labute approximate surface area is 108 Å². The summed E-state index contributed by atoms with van der Waals surface area (Å²) in [4.78, 5) is 25.8. The molecule has 1 aromatic rings. The Hall–Kier alpha value is -1.64. The monoisotopic (exact) mass is 245 g/mol. The van der Waals surface area contributed by atoms with Gasteiger partial charge in [-0.1, -0.05) is 44.2 Å². The van der Waals surface area contributed by atoms with Crippen LogP contribution in [-0.4, -0.2) is 29.7 Å². The zero-order valence-electron chi connectivity index (χ0n) is 10.9. The molecule has 1 fully saturated rings. The van der Waals surface area contributed by atoms with Gasteiger partial charge in [0.1, 0.15) is 0 Å². The fourth-order valence-corrected chi connectivity index (χ4v) is 2.31. The molecule has 0 aromatic heterocycles. The van der Waals surface area contributed by atoms with Crippen molar-refractivity contribution in [2.75, 3.05) is 13.1 Å². The summed E-state index contributed by atoms with van der Waals surface area (Å²) in [5.41, 5.74) is 0.617. The van der Waals surface area contributed by atoms with Gasteiger partial charge in [0.2, 0.25) is 5.91 Å². The molecule has 3 nitrogen and oxygen atoms in total. The lowest BCUT2D eigenvalue weighted by Gasteiger charge is -2.15. The van der Waals surface area contributed by atoms with E-state index in [0.29, 0.717) is 17.4 Å². The van der Waals surface area contributed by atoms with Crippen molar-refractivity contribution < 1.29 is 9.59 Å². The molecule has 1 aliphatic rings. The summed E-state index contributed by atoms with van der Waals surface area (Å²) in [6.45, 7) is 5.86. The number of carbonyl (C=O) groups is 2. The lowest BCUT2D eigenvalue weighted by molar-refractivity contribution is -0.129. The van der Waals surface area contributed by atoms with Crippen molar-refractivity contribution in [1.29, 1.82) is 0 Å². The third-order valence-corrected chi connectivity index (χ3v) is 3.75. The van der Waals surface area contributed by atoms with E-state index in [0.717, 1.165) is 13.1 Å². The molecule has 0 N–H and O–H groups in total. The van der Waals surface area contributed by atoms with E-state index < -0.39 is 0 Å². The maximum atomic E-state index is 12.0. The molecule has 1 amide bonds. The smallest absolute Gasteiger partial charge is 0.230 e. The van der Waals surface area contributed by atoms with Gasteiger partial charge in [0.05, 0.1) is 6.42 Å². The van der Waals surface area contributed by atoms with Crippen LogP contribution in [0.25, 0.3) is 0 Å². The van der Waals surface area contributed by atoms with Crippen molar-refractivity contribution in [2.24, 2.45) is 11.8 Å². The number of nitrogens with zero attached hydrogens (tertiary/aromatic N) is 1. The Kier molecular flexibility index (Phi) is 3.80. The number of benzene rings is 1. The van der Waals surface area contributed by atoms with E-state index in [1.807, 2.05) is 23.1 Å². The van der Waals surface area contributed by atoms with E-state index in [-0.39, 0.29) is 18.1 Å². The first kappa shape index (κ1) is 12.8. The minimum absolute atomic E-state index is 0.0105. The summed E-state index contributed by atoms with van der Waals surface area (Å²) in [6.07, 6.45) is -0.0105. The molecule has 0 saturated carbocycles. The molecular formula is C15H19NO2. The number of hydrogen-bond acceptors (Lipinski definition) is 2. The Morgan fingerprint density at radius 2 is 1.67 bits per heavy atom. The van der Waals surface area contributed by atoms with Crippen molar-refractivity contribution in [3.63, 3.8) is 0 Å². The first-order chi connectivity index (χ1) is 8.58. The highest BCUT2D eigenvalue weighted by Gasteiger charge is 2.30. The summed E-state index contributed by atoms with van der Waals surface area (Å²) >= 11 is 0. The Morgan fingerprint density at radius 3 is 2.22 bits per heavy atom. The maximum absolute atomic E-state index is 12.0. The van der Waals surface area contributed by atoms with Crippen LogP contribution in [0.15, 0.2) is 30.3 Å². The first-order valence-electron chi connectivity index (χ1n) is 6.44. The van der Waals surface area contributed by atoms with Crippen molar-refractivity contribution in [3.8, 4) is 0 Å². The highest BCUT2D eigenvalue weighted by Crippen LogP contribution is 2.22. The molecule has 1 aliphatic heterocycles. The number of ketones is 1. The summed E-state index contributed by atoms with van der Waals surface area (Å²) in [5.74, 6) is 0.925. The molecule has 1 saturated heterocycles. The average molecular weight is 245 g/mol. The van der Waals surface area contributed by atoms with Crippen LogP contribution >= 0.6 is 0 Å². The predicted molar refractivity (Wildman–Crippen MR) is 70.3 cm³/mol. The normalized spacial score (nSPS) is 23.1. The SMILES string of the molecule is CC1CN(C(=O)CC(=O)c2ccccc2)CC1C. The van der Waals surface area contributed by atoms with Crippen molar-refractivity contribution in [3.05, 3.63) is 35.9 Å². The van der Waals surface area contributed by atoms with Crippen LogP contribution in [0.5, 0.6) is 0 Å². The summed E-state index contributed by atoms with van der Waals surface area (Å²) in [6, 6.07) is 9.01. The Morgan fingerprint density at radius 1 is 1.11 bits per heavy atom. The van der Waals surface area contributed by atoms with Gasteiger partial charge in [-0.15, -0.1) is 0 Å². The number of hydrogen-bond donors (Lipinski definition) is 0. The molecule has 18 heavy (non-hydrogen) atoms. The molecule has 96 valence electrons. The molecule has 2 unspecified atom stereocenters. The zero-order valence-corrected chi connectivity index (χ0v) is 10.9. The van der Waals surface area contributed by atoms with E-state index >= 15 is 0 Å². The largest absolute Gasteiger partial charge is 0.342 e. The Bertz CT molecular complexity index is 431. The third-order valence-electron chi connectivity index (χ3n) is 3.75. The van der Waals surface area contributed by atoms with Crippen molar-refractivity contribution >= 4 is 11.7 Å². The van der Waals surface area contributed by atoms with E-state index in [1.54, 1.807) is 12.1 Å². The number of carbonyl (C=O) groups excluding carboxylic acids is 2. The van der Waals surface area contributed by atoms with Crippen LogP contribution in [0.1, 0.15) is 30.6 Å². The zero-order chi connectivity index (χ0) is 13.1. The lowest BCUT2D eigenvalue weighted by atomic mass is 10.0. The lowest BCUT2D eigenvalue weighted by Crippen LogP contribution is -2.30. The second kappa shape index (κ2) is 5.34. The van der Waals surface area contributed by atoms with Gasteiger partial charge in [-0.25, -0.2) is 0 Å². The molecule has 1 heterocycles. The van der Waals surface area contributed by atoms with Gasteiger partial charge in [0.15, 0.2) is 5.78 Å². The molecule has 0 spiro atoms. The molecule has 2 atom stereocenters. The molecule has 2 rings (SSSR count). The fourth-order valence-electron chi connectivity index (χ4n) is 2.31. The topological polar surface area (TPSA) is 37.4 Å². The molecule has 0 radical (unpaired) electrons. The van der Waals surface area contributed by atoms with E-state index in [2.05, 4.69) is 13.8 Å². The molecule has 1 aromatic carbocycles. The van der Waals surface area contributed by atoms with Gasteiger partial charge in [0, 0.05) is 18.7 Å². The third kappa shape index (κ3) is 2.78. The van der Waals surface area contributed by atoms with Crippen molar-refractivity contribution in [2.45, 2.75) is 20.3 Å². The number of Topliss-reactive ketones (excluding diaryl/α,β-unsaturated/α-hetero) is 1. The van der Waals surface area contributed by atoms with Gasteiger partial charge in [0.25, 0.3) is 0 Å². The average Bonchev–Trinajstić information content (AvgIpc) is 2.71. The molecular weight excluding hydrogens is 226 g/mol. The standard InChI is InChI=1S/C15H19NO2/c1-11-9-16(10-12(11)2)15(18)8-14(17)13-6-4-3-5-7-13/h3-7,11-12H,8-10H2,1-2H3. The highest BCUT2D eigenvalue weighted by atomic mass is 16.2. The van der Waals surface area contributed by atoms with E-state index in [9.17, 15) is 9.59 Å². The quantitative estimate of drug-likeness (QED) is 0.605. The van der Waals surface area contributed by atoms with Gasteiger partial charge in [-0.05, 0) is 11.8 Å². The van der Waals surface area contributed by atoms with Crippen LogP contribution in [0.3, 0.4) is 0 Å². The van der Waals surface area contributed by atoms with Crippen LogP contribution in [0, 0.1) is 11.8 Å². The van der Waals surface area contributed by atoms with E-state index in [4.69, 9.17) is 0 Å². The minimum atomic E-state index is -0.0900. The Balaban J connectivity index is 1.94. The minimum Gasteiger partial charge on any atom is -0.342 e. The summed E-state index contributed by atoms with van der Waals surface area (Å²) < 4.78 is 0. The van der Waals surface area contributed by atoms with Gasteiger partial charge in [-0.2, -0.15) is 0 Å². The summed E-state index contributed by atoms with van der Waals surface area (Å²) in [5, 5.41) is 0. The fraction of sp³-hybridized carbons (Fsp3) is 0.467. The van der Waals surface area contributed by atoms with E-state index in [1.165, 1.54) is 0 Å². The first-order valence-corrected chi connectivity index (χ1v) is 6.44. The van der Waals surface area contributed by atoms with Crippen LogP contribution in [-0.2, 0) is 4.79 Å². The van der Waals surface area contributed by atoms with Gasteiger partial charge < -0.3 is 4.90 Å². The number of rotatable bonds is 3. The van der Waals surface area contributed by atoms with Crippen LogP contribution in [0.4, 0.5) is 0 Å². The van der Waals surface area contributed by atoms with Crippen LogP contribution < -0.4 is 0 Å². The maximum Gasteiger partial charge on any atom is 0.230 e. The second-order valence-corrected chi connectivity index (χ2v) is 5.22. The molecule has 0 bridgehead atoms. The van der Waals surface area contributed by atoms with Crippen molar-refractivity contribution in [1.82, 2.24) is 4.90 Å². The van der Waals surface area contributed by atoms with Gasteiger partial charge in [-0.3, -0.25) is 9.59 Å². The molecule has 0 aliphatic carbocycles. The summed E-state index contributed by atoms with van der Waals surface area (Å²) in [7, 11) is 0. The van der Waals surface area contributed by atoms with Crippen LogP contribution in [0.2, 0.25) is 0 Å². The van der Waals surface area contributed by atoms with Gasteiger partial charge >= 0.3 is 0 Å². The number of likely N-dealkylation sites (tertiary alicyclic amines) is 1.